The Bertz CT molecular complexity index is 1470. The van der Waals surface area contributed by atoms with Gasteiger partial charge in [-0.2, -0.15) is 5.10 Å². The molecule has 0 radical (unpaired) electrons. The Hall–Kier alpha value is -3.67. The number of hydrogen-bond donors (Lipinski definition) is 0. The van der Waals surface area contributed by atoms with E-state index in [4.69, 9.17) is 0 Å². The number of hydrogen-bond acceptors (Lipinski definition) is 2. The summed E-state index contributed by atoms with van der Waals surface area (Å²) in [7, 11) is 3.74. The van der Waals surface area contributed by atoms with Gasteiger partial charge in [-0.1, -0.05) is 18.2 Å². The summed E-state index contributed by atoms with van der Waals surface area (Å²) in [5, 5.41) is 6.65. The SMILES string of the molecule is CCn1ccc(-c2ccc3c(c2)c2cc(-c4ccc(F)cc4)c(=O)n(C)c2n3C)n1. The Morgan fingerprint density at radius 2 is 1.63 bits per heavy atom. The molecule has 0 aliphatic rings. The Morgan fingerprint density at radius 3 is 2.33 bits per heavy atom. The van der Waals surface area contributed by atoms with Crippen molar-refractivity contribution in [3.63, 3.8) is 0 Å². The number of nitrogens with zero attached hydrogens (tertiary/aromatic N) is 4. The molecular formula is C24H21FN4O. The molecule has 3 heterocycles. The van der Waals surface area contributed by atoms with Crippen molar-refractivity contribution in [2.24, 2.45) is 14.1 Å². The summed E-state index contributed by atoms with van der Waals surface area (Å²) in [5.41, 5.74) is 4.97. The molecule has 2 aromatic carbocycles. The van der Waals surface area contributed by atoms with E-state index in [9.17, 15) is 9.18 Å². The molecule has 0 spiro atoms. The maximum absolute atomic E-state index is 13.4. The first-order valence-corrected chi connectivity index (χ1v) is 9.90. The zero-order valence-corrected chi connectivity index (χ0v) is 17.1. The highest BCUT2D eigenvalue weighted by molar-refractivity contribution is 6.09. The molecule has 30 heavy (non-hydrogen) atoms. The summed E-state index contributed by atoms with van der Waals surface area (Å²) < 4.78 is 19.0. The molecule has 0 aliphatic heterocycles. The Kier molecular flexibility index (Phi) is 4.10. The van der Waals surface area contributed by atoms with Crippen LogP contribution in [0.5, 0.6) is 0 Å². The van der Waals surface area contributed by atoms with E-state index in [1.807, 2.05) is 34.6 Å². The van der Waals surface area contributed by atoms with E-state index in [0.29, 0.717) is 11.1 Å². The monoisotopic (exact) mass is 400 g/mol. The summed E-state index contributed by atoms with van der Waals surface area (Å²) in [6.07, 6.45) is 1.97. The number of aryl methyl sites for hydroxylation is 3. The summed E-state index contributed by atoms with van der Waals surface area (Å²) in [5.74, 6) is -0.321. The fraction of sp³-hybridized carbons (Fsp3) is 0.167. The number of halogens is 1. The molecule has 0 amide bonds. The van der Waals surface area contributed by atoms with Crippen molar-refractivity contribution >= 4 is 21.9 Å². The largest absolute Gasteiger partial charge is 0.330 e. The van der Waals surface area contributed by atoms with Crippen molar-refractivity contribution in [1.82, 2.24) is 18.9 Å². The van der Waals surface area contributed by atoms with Crippen LogP contribution in [0.2, 0.25) is 0 Å². The molecule has 6 heteroatoms. The number of benzene rings is 2. The third-order valence-corrected chi connectivity index (χ3v) is 5.76. The molecule has 0 atom stereocenters. The molecule has 0 saturated carbocycles. The molecule has 0 fully saturated rings. The molecule has 0 aliphatic carbocycles. The van der Waals surface area contributed by atoms with Gasteiger partial charge >= 0.3 is 0 Å². The first kappa shape index (κ1) is 18.4. The second kappa shape index (κ2) is 6.69. The van der Waals surface area contributed by atoms with Crippen LogP contribution < -0.4 is 5.56 Å². The number of pyridine rings is 1. The summed E-state index contributed by atoms with van der Waals surface area (Å²) in [4.78, 5) is 13.1. The first-order chi connectivity index (χ1) is 14.5. The average molecular weight is 400 g/mol. The van der Waals surface area contributed by atoms with Crippen LogP contribution in [0.15, 0.2) is 65.6 Å². The predicted octanol–water partition coefficient (Wildman–Crippen LogP) is 4.72. The topological polar surface area (TPSA) is 44.8 Å². The van der Waals surface area contributed by atoms with Gasteiger partial charge in [0.25, 0.3) is 5.56 Å². The molecule has 3 aromatic heterocycles. The molecule has 150 valence electrons. The minimum atomic E-state index is -0.321. The zero-order chi connectivity index (χ0) is 21.0. The second-order valence-electron chi connectivity index (χ2n) is 7.51. The highest BCUT2D eigenvalue weighted by Crippen LogP contribution is 2.32. The van der Waals surface area contributed by atoms with Gasteiger partial charge in [0, 0.05) is 48.7 Å². The maximum atomic E-state index is 13.4. The molecule has 0 bridgehead atoms. The van der Waals surface area contributed by atoms with E-state index in [1.54, 1.807) is 23.7 Å². The van der Waals surface area contributed by atoms with Crippen molar-refractivity contribution in [3.8, 4) is 22.4 Å². The van der Waals surface area contributed by atoms with Gasteiger partial charge < -0.3 is 4.57 Å². The number of aromatic nitrogens is 4. The first-order valence-electron chi connectivity index (χ1n) is 9.90. The van der Waals surface area contributed by atoms with Gasteiger partial charge in [-0.25, -0.2) is 4.39 Å². The fourth-order valence-corrected chi connectivity index (χ4v) is 4.18. The van der Waals surface area contributed by atoms with Crippen molar-refractivity contribution in [3.05, 3.63) is 77.0 Å². The van der Waals surface area contributed by atoms with E-state index >= 15 is 0 Å². The quantitative estimate of drug-likeness (QED) is 0.440. The summed E-state index contributed by atoms with van der Waals surface area (Å²) in [6, 6.07) is 16.2. The minimum Gasteiger partial charge on any atom is -0.330 e. The third-order valence-electron chi connectivity index (χ3n) is 5.76. The smallest absolute Gasteiger partial charge is 0.259 e. The van der Waals surface area contributed by atoms with Crippen molar-refractivity contribution in [2.45, 2.75) is 13.5 Å². The van der Waals surface area contributed by atoms with Crippen LogP contribution >= 0.6 is 0 Å². The van der Waals surface area contributed by atoms with Gasteiger partial charge in [-0.15, -0.1) is 0 Å². The van der Waals surface area contributed by atoms with Gasteiger partial charge in [-0.05, 0) is 48.9 Å². The Morgan fingerprint density at radius 1 is 0.900 bits per heavy atom. The van der Waals surface area contributed by atoms with Crippen LogP contribution in [0.25, 0.3) is 44.3 Å². The maximum Gasteiger partial charge on any atom is 0.259 e. The van der Waals surface area contributed by atoms with Crippen LogP contribution in [0.1, 0.15) is 6.92 Å². The summed E-state index contributed by atoms with van der Waals surface area (Å²) in [6.45, 7) is 2.88. The van der Waals surface area contributed by atoms with E-state index < -0.39 is 0 Å². The fourth-order valence-electron chi connectivity index (χ4n) is 4.18. The Labute approximate surface area is 172 Å². The van der Waals surface area contributed by atoms with Crippen molar-refractivity contribution < 1.29 is 4.39 Å². The van der Waals surface area contributed by atoms with E-state index in [0.717, 1.165) is 39.7 Å². The van der Waals surface area contributed by atoms with Crippen LogP contribution in [0.3, 0.4) is 0 Å². The zero-order valence-electron chi connectivity index (χ0n) is 17.1. The van der Waals surface area contributed by atoms with Crippen LogP contribution in [0, 0.1) is 5.82 Å². The Balaban J connectivity index is 1.81. The second-order valence-corrected chi connectivity index (χ2v) is 7.51. The molecule has 0 saturated heterocycles. The molecule has 5 rings (SSSR count). The predicted molar refractivity (Wildman–Crippen MR) is 118 cm³/mol. The van der Waals surface area contributed by atoms with Gasteiger partial charge in [0.2, 0.25) is 0 Å². The molecule has 0 N–H and O–H groups in total. The summed E-state index contributed by atoms with van der Waals surface area (Å²) >= 11 is 0. The van der Waals surface area contributed by atoms with E-state index in [1.165, 1.54) is 12.1 Å². The van der Waals surface area contributed by atoms with E-state index in [-0.39, 0.29) is 11.4 Å². The standard InChI is InChI=1S/C24H21FN4O/c1-4-29-12-11-21(26-29)16-7-10-22-19(13-16)20-14-18(15-5-8-17(25)9-6-15)24(30)28(3)23(20)27(22)2/h5-14H,4H2,1-3H3. The number of fused-ring (bicyclic) bond motifs is 3. The van der Waals surface area contributed by atoms with Crippen molar-refractivity contribution in [1.29, 1.82) is 0 Å². The highest BCUT2D eigenvalue weighted by Gasteiger charge is 2.17. The molecule has 0 unspecified atom stereocenters. The van der Waals surface area contributed by atoms with Gasteiger partial charge in [0.1, 0.15) is 11.5 Å². The lowest BCUT2D eigenvalue weighted by atomic mass is 10.0. The number of rotatable bonds is 3. The van der Waals surface area contributed by atoms with Crippen LogP contribution in [0.4, 0.5) is 4.39 Å². The highest BCUT2D eigenvalue weighted by atomic mass is 19.1. The van der Waals surface area contributed by atoms with Crippen LogP contribution in [-0.2, 0) is 20.6 Å². The molecular weight excluding hydrogens is 379 g/mol. The third kappa shape index (κ3) is 2.68. The molecule has 5 aromatic rings. The van der Waals surface area contributed by atoms with E-state index in [2.05, 4.69) is 30.2 Å². The lowest BCUT2D eigenvalue weighted by Crippen LogP contribution is -2.20. The van der Waals surface area contributed by atoms with Crippen molar-refractivity contribution in [2.75, 3.05) is 0 Å². The minimum absolute atomic E-state index is 0.109. The van der Waals surface area contributed by atoms with Gasteiger partial charge in [-0.3, -0.25) is 14.0 Å². The van der Waals surface area contributed by atoms with Gasteiger partial charge in [0.05, 0.1) is 11.2 Å². The molecule has 5 nitrogen and oxygen atoms in total. The normalized spacial score (nSPS) is 11.6. The lowest BCUT2D eigenvalue weighted by Gasteiger charge is -2.08. The average Bonchev–Trinajstić information content (AvgIpc) is 3.34. The lowest BCUT2D eigenvalue weighted by molar-refractivity contribution is 0.628. The van der Waals surface area contributed by atoms with Crippen LogP contribution in [-0.4, -0.2) is 18.9 Å². The van der Waals surface area contributed by atoms with Gasteiger partial charge in [0.15, 0.2) is 0 Å².